The van der Waals surface area contributed by atoms with Crippen LogP contribution < -0.4 is 0 Å². The Morgan fingerprint density at radius 1 is 1.00 bits per heavy atom. The van der Waals surface area contributed by atoms with Gasteiger partial charge >= 0.3 is 0 Å². The summed E-state index contributed by atoms with van der Waals surface area (Å²) in [7, 11) is 0. The summed E-state index contributed by atoms with van der Waals surface area (Å²) in [6, 6.07) is 7.32. The second-order valence-electron chi connectivity index (χ2n) is 7.35. The van der Waals surface area contributed by atoms with Gasteiger partial charge in [0.15, 0.2) is 0 Å². The van der Waals surface area contributed by atoms with Gasteiger partial charge in [-0.1, -0.05) is 34.1 Å². The Labute approximate surface area is 124 Å². The van der Waals surface area contributed by atoms with Crippen LogP contribution in [0.4, 0.5) is 0 Å². The van der Waals surface area contributed by atoms with Crippen molar-refractivity contribution in [1.29, 1.82) is 0 Å². The van der Waals surface area contributed by atoms with Crippen molar-refractivity contribution < 1.29 is 0 Å². The first-order chi connectivity index (χ1) is 9.33. The van der Waals surface area contributed by atoms with Crippen LogP contribution in [0.1, 0.15) is 47.2 Å². The second-order valence-corrected chi connectivity index (χ2v) is 8.34. The molecule has 0 nitrogen and oxygen atoms in total. The van der Waals surface area contributed by atoms with Crippen molar-refractivity contribution in [3.8, 4) is 0 Å². The number of rotatable bonds is 2. The molecule has 3 saturated carbocycles. The Hall–Kier alpha value is -0.300. The predicted octanol–water partition coefficient (Wildman–Crippen LogP) is 4.90. The van der Waals surface area contributed by atoms with E-state index in [1.54, 1.807) is 23.1 Å². The lowest BCUT2D eigenvalue weighted by Gasteiger charge is -2.16. The van der Waals surface area contributed by atoms with Crippen LogP contribution in [-0.2, 0) is 12.8 Å². The maximum atomic E-state index is 4.06. The van der Waals surface area contributed by atoms with Crippen molar-refractivity contribution in [3.05, 3.63) is 34.9 Å². The summed E-state index contributed by atoms with van der Waals surface area (Å²) in [6.07, 6.45) is 8.62. The van der Waals surface area contributed by atoms with Crippen LogP contribution >= 0.6 is 15.9 Å². The molecule has 0 aliphatic heterocycles. The van der Waals surface area contributed by atoms with Crippen molar-refractivity contribution >= 4 is 15.9 Å². The average molecular weight is 317 g/mol. The third kappa shape index (κ3) is 1.51. The summed E-state index contributed by atoms with van der Waals surface area (Å²) in [4.78, 5) is 0.636. The molecule has 1 heteroatoms. The molecule has 0 saturated heterocycles. The first-order valence-electron chi connectivity index (χ1n) is 8.09. The van der Waals surface area contributed by atoms with E-state index in [-0.39, 0.29) is 0 Å². The molecule has 0 heterocycles. The van der Waals surface area contributed by atoms with E-state index in [1.807, 2.05) is 0 Å². The number of halogens is 1. The molecule has 3 fully saturated rings. The van der Waals surface area contributed by atoms with E-state index in [9.17, 15) is 0 Å². The third-order valence-corrected chi connectivity index (χ3v) is 7.71. The van der Waals surface area contributed by atoms with E-state index in [1.165, 1.54) is 32.1 Å². The zero-order chi connectivity index (χ0) is 12.6. The molecule has 0 amide bonds. The van der Waals surface area contributed by atoms with Gasteiger partial charge in [-0.2, -0.15) is 0 Å². The van der Waals surface area contributed by atoms with E-state index in [0.29, 0.717) is 4.83 Å². The van der Waals surface area contributed by atoms with Crippen LogP contribution in [-0.4, -0.2) is 0 Å². The van der Waals surface area contributed by atoms with E-state index < -0.39 is 0 Å². The molecule has 0 spiro atoms. The molecule has 0 radical (unpaired) electrons. The Balaban J connectivity index is 1.42. The summed E-state index contributed by atoms with van der Waals surface area (Å²) in [5.41, 5.74) is 4.81. The van der Waals surface area contributed by atoms with Gasteiger partial charge in [0.2, 0.25) is 0 Å². The highest BCUT2D eigenvalue weighted by Gasteiger charge is 2.66. The largest absolute Gasteiger partial charge is 0.0836 e. The fourth-order valence-electron chi connectivity index (χ4n) is 5.77. The van der Waals surface area contributed by atoms with Gasteiger partial charge in [-0.05, 0) is 84.8 Å². The summed E-state index contributed by atoms with van der Waals surface area (Å²) in [5, 5.41) is 0. The van der Waals surface area contributed by atoms with Gasteiger partial charge in [0.25, 0.3) is 0 Å². The fourth-order valence-corrected chi connectivity index (χ4v) is 6.76. The number of benzene rings is 1. The zero-order valence-corrected chi connectivity index (χ0v) is 12.9. The summed E-state index contributed by atoms with van der Waals surface area (Å²) in [6.45, 7) is 0. The van der Waals surface area contributed by atoms with Gasteiger partial charge in [-0.15, -0.1) is 0 Å². The number of aryl methyl sites for hydroxylation is 2. The molecular formula is C18H21Br. The van der Waals surface area contributed by atoms with Gasteiger partial charge in [0, 0.05) is 4.83 Å². The standard InChI is InChI=1S/C18H21Br/c19-18(14-7-4-10-2-1-3-11(10)8-14)17-15-12-5-6-13(9-12)16(15)17/h4,7-8,12-13,15-18H,1-3,5-6,9H2. The Kier molecular flexibility index (Phi) is 2.32. The zero-order valence-electron chi connectivity index (χ0n) is 11.3. The van der Waals surface area contributed by atoms with Gasteiger partial charge in [-0.25, -0.2) is 0 Å². The van der Waals surface area contributed by atoms with E-state index in [2.05, 4.69) is 34.1 Å². The highest BCUT2D eigenvalue weighted by atomic mass is 79.9. The van der Waals surface area contributed by atoms with Crippen molar-refractivity contribution in [2.24, 2.45) is 29.6 Å². The summed E-state index contributed by atoms with van der Waals surface area (Å²) >= 11 is 4.06. The van der Waals surface area contributed by atoms with Gasteiger partial charge < -0.3 is 0 Å². The highest BCUT2D eigenvalue weighted by molar-refractivity contribution is 9.09. The van der Waals surface area contributed by atoms with Crippen molar-refractivity contribution in [3.63, 3.8) is 0 Å². The van der Waals surface area contributed by atoms with Gasteiger partial charge in [-0.3, -0.25) is 0 Å². The van der Waals surface area contributed by atoms with Crippen LogP contribution in [0.2, 0.25) is 0 Å². The Morgan fingerprint density at radius 2 is 1.74 bits per heavy atom. The summed E-state index contributed by atoms with van der Waals surface area (Å²) < 4.78 is 0. The van der Waals surface area contributed by atoms with Crippen molar-refractivity contribution in [1.82, 2.24) is 0 Å². The normalized spacial score (nSPS) is 43.1. The SMILES string of the molecule is BrC(c1ccc2c(c1)CCC2)C1C2C3CCC(C3)C21. The maximum absolute atomic E-state index is 4.06. The van der Waals surface area contributed by atoms with Crippen molar-refractivity contribution in [2.75, 3.05) is 0 Å². The van der Waals surface area contributed by atoms with E-state index >= 15 is 0 Å². The third-order valence-electron chi connectivity index (χ3n) is 6.57. The van der Waals surface area contributed by atoms with Crippen LogP contribution in [0, 0.1) is 29.6 Å². The van der Waals surface area contributed by atoms with Gasteiger partial charge in [0.05, 0.1) is 0 Å². The molecule has 0 N–H and O–H groups in total. The minimum atomic E-state index is 0.636. The molecule has 5 rings (SSSR count). The Bertz CT molecular complexity index is 518. The quantitative estimate of drug-likeness (QED) is 0.680. The smallest absolute Gasteiger partial charge is 0.0429 e. The maximum Gasteiger partial charge on any atom is 0.0429 e. The number of hydrogen-bond acceptors (Lipinski definition) is 0. The number of fused-ring (bicyclic) bond motifs is 6. The molecule has 1 aromatic rings. The molecule has 4 aliphatic carbocycles. The van der Waals surface area contributed by atoms with E-state index in [4.69, 9.17) is 0 Å². The molecular weight excluding hydrogens is 296 g/mol. The Morgan fingerprint density at radius 3 is 2.53 bits per heavy atom. The minimum Gasteiger partial charge on any atom is -0.0836 e. The monoisotopic (exact) mass is 316 g/mol. The highest BCUT2D eigenvalue weighted by Crippen LogP contribution is 2.73. The first-order valence-corrected chi connectivity index (χ1v) is 9.00. The average Bonchev–Trinajstić information content (AvgIpc) is 2.84. The van der Waals surface area contributed by atoms with E-state index in [0.717, 1.165) is 29.6 Å². The predicted molar refractivity (Wildman–Crippen MR) is 81.4 cm³/mol. The molecule has 4 aliphatic rings. The number of hydrogen-bond donors (Lipinski definition) is 0. The molecule has 19 heavy (non-hydrogen) atoms. The minimum absolute atomic E-state index is 0.636. The van der Waals surface area contributed by atoms with Gasteiger partial charge in [0.1, 0.15) is 0 Å². The second kappa shape index (κ2) is 3.87. The lowest BCUT2D eigenvalue weighted by Crippen LogP contribution is -2.04. The molecule has 1 aromatic carbocycles. The molecule has 100 valence electrons. The van der Waals surface area contributed by atoms with Crippen molar-refractivity contribution in [2.45, 2.75) is 43.4 Å². The van der Waals surface area contributed by atoms with Crippen LogP contribution in [0.3, 0.4) is 0 Å². The van der Waals surface area contributed by atoms with Crippen LogP contribution in [0.25, 0.3) is 0 Å². The molecule has 2 bridgehead atoms. The first kappa shape index (κ1) is 11.4. The van der Waals surface area contributed by atoms with Crippen LogP contribution in [0.5, 0.6) is 0 Å². The lowest BCUT2D eigenvalue weighted by atomic mass is 9.95. The lowest BCUT2D eigenvalue weighted by molar-refractivity contribution is 0.456. The number of alkyl halides is 1. The molecule has 5 atom stereocenters. The molecule has 5 unspecified atom stereocenters. The molecule has 0 aromatic heterocycles. The van der Waals surface area contributed by atoms with Crippen LogP contribution in [0.15, 0.2) is 18.2 Å². The fraction of sp³-hybridized carbons (Fsp3) is 0.667. The topological polar surface area (TPSA) is 0 Å². The summed E-state index contributed by atoms with van der Waals surface area (Å²) in [5.74, 6) is 5.31.